The van der Waals surface area contributed by atoms with Crippen molar-refractivity contribution in [3.05, 3.63) is 64.3 Å². The van der Waals surface area contributed by atoms with E-state index in [1.807, 2.05) is 35.9 Å². The van der Waals surface area contributed by atoms with E-state index in [1.54, 1.807) is 13.4 Å². The van der Waals surface area contributed by atoms with Crippen LogP contribution in [0.1, 0.15) is 37.1 Å². The number of nitrogens with one attached hydrogen (secondary N) is 2. The summed E-state index contributed by atoms with van der Waals surface area (Å²) in [5, 5.41) is 6.13. The van der Waals surface area contributed by atoms with Gasteiger partial charge in [-0.3, -0.25) is 5.32 Å². The quantitative estimate of drug-likeness (QED) is 0.650. The van der Waals surface area contributed by atoms with Crippen LogP contribution in [-0.2, 0) is 0 Å². The van der Waals surface area contributed by atoms with Gasteiger partial charge in [0.1, 0.15) is 5.69 Å². The Morgan fingerprint density at radius 1 is 1.31 bits per heavy atom. The minimum absolute atomic E-state index is 0.0660. The van der Waals surface area contributed by atoms with Crippen LogP contribution in [0.25, 0.3) is 11.8 Å². The van der Waals surface area contributed by atoms with Crippen LogP contribution in [0.5, 0.6) is 5.88 Å². The molecule has 3 aliphatic rings. The number of ether oxygens (including phenoxy) is 1. The number of rotatable bonds is 5. The highest BCUT2D eigenvalue weighted by atomic mass is 79.9. The molecule has 2 aliphatic heterocycles. The largest absolute Gasteiger partial charge is 0.479 e. The van der Waals surface area contributed by atoms with E-state index < -0.39 is 0 Å². The van der Waals surface area contributed by atoms with Crippen LogP contribution < -0.4 is 15.5 Å². The molecule has 0 saturated carbocycles. The highest BCUT2D eigenvalue weighted by Gasteiger charge is 2.39. The van der Waals surface area contributed by atoms with Gasteiger partial charge in [-0.15, -0.1) is 0 Å². The second-order valence-electron chi connectivity index (χ2n) is 8.51. The minimum atomic E-state index is 0.0660. The Balaban J connectivity index is 1.31. The van der Waals surface area contributed by atoms with Crippen LogP contribution in [0.15, 0.2) is 52.9 Å². The number of hydrazine groups is 1. The number of halogens is 1. The number of hydrogen-bond acceptors (Lipinski definition) is 6. The van der Waals surface area contributed by atoms with Crippen molar-refractivity contribution in [2.75, 3.05) is 13.7 Å². The Morgan fingerprint density at radius 2 is 2.22 bits per heavy atom. The summed E-state index contributed by atoms with van der Waals surface area (Å²) in [6.45, 7) is 3.02. The molecule has 0 amide bonds. The number of nitrogens with zero attached hydrogens (tertiary/aromatic N) is 4. The Bertz CT molecular complexity index is 1070. The lowest BCUT2D eigenvalue weighted by Gasteiger charge is -2.37. The fourth-order valence-corrected chi connectivity index (χ4v) is 5.44. The average molecular weight is 497 g/mol. The van der Waals surface area contributed by atoms with E-state index in [2.05, 4.69) is 59.9 Å². The lowest BCUT2D eigenvalue weighted by Crippen LogP contribution is -2.49. The van der Waals surface area contributed by atoms with Gasteiger partial charge in [-0.1, -0.05) is 28.1 Å². The lowest BCUT2D eigenvalue weighted by molar-refractivity contribution is 0.0994. The molecule has 3 atom stereocenters. The van der Waals surface area contributed by atoms with Crippen molar-refractivity contribution < 1.29 is 4.74 Å². The predicted octanol–water partition coefficient (Wildman–Crippen LogP) is 4.07. The molecule has 5 rings (SSSR count). The maximum atomic E-state index is 5.54. The summed E-state index contributed by atoms with van der Waals surface area (Å²) in [6.07, 6.45) is 17.5. The molecule has 168 valence electrons. The SMILES string of the molecule is COc1nc(/C=C/C2NC3[C@@H](C4=C(Br)CCC=C4)CCCN3N2)ccc1-n1cnc(C)c1. The van der Waals surface area contributed by atoms with E-state index in [1.165, 1.54) is 22.9 Å². The number of aryl methyl sites for hydroxylation is 1. The number of pyridine rings is 1. The Kier molecular flexibility index (Phi) is 6.28. The van der Waals surface area contributed by atoms with Crippen molar-refractivity contribution in [1.82, 2.24) is 30.3 Å². The molecular formula is C24H29BrN6O. The van der Waals surface area contributed by atoms with Crippen LogP contribution in [0.3, 0.4) is 0 Å². The molecule has 1 aliphatic carbocycles. The third-order valence-electron chi connectivity index (χ3n) is 6.33. The van der Waals surface area contributed by atoms with Gasteiger partial charge >= 0.3 is 0 Å². The first kappa shape index (κ1) is 21.6. The fraction of sp³-hybridized carbons (Fsp3) is 0.417. The van der Waals surface area contributed by atoms with Crippen LogP contribution >= 0.6 is 15.9 Å². The van der Waals surface area contributed by atoms with E-state index >= 15 is 0 Å². The molecule has 4 heterocycles. The van der Waals surface area contributed by atoms with E-state index in [-0.39, 0.29) is 12.3 Å². The zero-order valence-corrected chi connectivity index (χ0v) is 20.0. The normalized spacial score (nSPS) is 26.2. The molecule has 2 aromatic heterocycles. The van der Waals surface area contributed by atoms with E-state index in [9.17, 15) is 0 Å². The van der Waals surface area contributed by atoms with Crippen molar-refractivity contribution in [1.29, 1.82) is 0 Å². The second-order valence-corrected chi connectivity index (χ2v) is 9.46. The van der Waals surface area contributed by atoms with E-state index in [0.29, 0.717) is 11.8 Å². The van der Waals surface area contributed by atoms with Crippen LogP contribution in [0.4, 0.5) is 0 Å². The monoisotopic (exact) mass is 496 g/mol. The second kappa shape index (κ2) is 9.31. The maximum Gasteiger partial charge on any atom is 0.238 e. The molecule has 2 aromatic rings. The predicted molar refractivity (Wildman–Crippen MR) is 129 cm³/mol. The molecule has 8 heteroatoms. The zero-order valence-electron chi connectivity index (χ0n) is 18.5. The van der Waals surface area contributed by atoms with Gasteiger partial charge in [0, 0.05) is 18.7 Å². The van der Waals surface area contributed by atoms with Gasteiger partial charge in [0.15, 0.2) is 0 Å². The van der Waals surface area contributed by atoms with Crippen molar-refractivity contribution in [3.63, 3.8) is 0 Å². The molecule has 0 bridgehead atoms. The molecule has 7 nitrogen and oxygen atoms in total. The highest BCUT2D eigenvalue weighted by molar-refractivity contribution is 9.11. The highest BCUT2D eigenvalue weighted by Crippen LogP contribution is 2.37. The van der Waals surface area contributed by atoms with Gasteiger partial charge in [-0.25, -0.2) is 20.4 Å². The number of fused-ring (bicyclic) bond motifs is 1. The standard InChI is InChI=1S/C24H29BrN6O/c1-16-14-30(15-26-16)21-11-9-17(27-24(21)32-2)10-12-22-28-23-19(7-5-13-31(23)29-22)18-6-3-4-8-20(18)25/h3,6,9-12,14-15,19,22-23,28-29H,4-5,7-8,13H2,1-2H3/b12-10+/t19-,22?,23?/m1/s1. The molecular weight excluding hydrogens is 468 g/mol. The summed E-state index contributed by atoms with van der Waals surface area (Å²) in [7, 11) is 1.65. The number of allylic oxidation sites excluding steroid dienone is 3. The molecule has 2 saturated heterocycles. The minimum Gasteiger partial charge on any atom is -0.479 e. The van der Waals surface area contributed by atoms with Crippen molar-refractivity contribution >= 4 is 22.0 Å². The number of methoxy groups -OCH3 is 1. The number of imidazole rings is 1. The first-order valence-electron chi connectivity index (χ1n) is 11.2. The van der Waals surface area contributed by atoms with Crippen molar-refractivity contribution in [3.8, 4) is 11.6 Å². The smallest absolute Gasteiger partial charge is 0.238 e. The third kappa shape index (κ3) is 4.32. The summed E-state index contributed by atoms with van der Waals surface area (Å²) in [4.78, 5) is 8.97. The summed E-state index contributed by atoms with van der Waals surface area (Å²) in [5.74, 6) is 1.06. The topological polar surface area (TPSA) is 67.2 Å². The average Bonchev–Trinajstić information content (AvgIpc) is 3.43. The first-order valence-corrected chi connectivity index (χ1v) is 12.0. The summed E-state index contributed by atoms with van der Waals surface area (Å²) in [5.41, 5.74) is 7.75. The molecule has 0 radical (unpaired) electrons. The van der Waals surface area contributed by atoms with Gasteiger partial charge in [-0.05, 0) is 66.9 Å². The molecule has 32 heavy (non-hydrogen) atoms. The Labute approximate surface area is 197 Å². The molecule has 2 N–H and O–H groups in total. The van der Waals surface area contributed by atoms with E-state index in [4.69, 9.17) is 4.74 Å². The number of aromatic nitrogens is 3. The summed E-state index contributed by atoms with van der Waals surface area (Å²) in [6, 6.07) is 4.02. The third-order valence-corrected chi connectivity index (χ3v) is 7.19. The Hall–Kier alpha value is -2.26. The first-order chi connectivity index (χ1) is 15.6. The van der Waals surface area contributed by atoms with E-state index in [0.717, 1.165) is 36.5 Å². The van der Waals surface area contributed by atoms with Gasteiger partial charge in [0.25, 0.3) is 0 Å². The van der Waals surface area contributed by atoms with Crippen LogP contribution in [0.2, 0.25) is 0 Å². The van der Waals surface area contributed by atoms with Crippen molar-refractivity contribution in [2.45, 2.75) is 44.9 Å². The molecule has 0 aromatic carbocycles. The van der Waals surface area contributed by atoms with Crippen LogP contribution in [0, 0.1) is 12.8 Å². The number of piperidine rings is 1. The van der Waals surface area contributed by atoms with Gasteiger partial charge in [0.05, 0.1) is 37.2 Å². The molecule has 2 fully saturated rings. The van der Waals surface area contributed by atoms with Gasteiger partial charge < -0.3 is 9.30 Å². The maximum absolute atomic E-state index is 5.54. The Morgan fingerprint density at radius 3 is 3.00 bits per heavy atom. The van der Waals surface area contributed by atoms with Crippen molar-refractivity contribution in [2.24, 2.45) is 5.92 Å². The molecule has 2 unspecified atom stereocenters. The summed E-state index contributed by atoms with van der Waals surface area (Å²) >= 11 is 3.82. The number of hydrogen-bond donors (Lipinski definition) is 2. The van der Waals surface area contributed by atoms with Gasteiger partial charge in [-0.2, -0.15) is 0 Å². The zero-order chi connectivity index (χ0) is 22.1. The molecule has 0 spiro atoms. The lowest BCUT2D eigenvalue weighted by atomic mass is 9.85. The van der Waals surface area contributed by atoms with Crippen LogP contribution in [-0.4, -0.2) is 45.5 Å². The fourth-order valence-electron chi connectivity index (χ4n) is 4.79. The summed E-state index contributed by atoms with van der Waals surface area (Å²) < 4.78 is 8.83. The van der Waals surface area contributed by atoms with Gasteiger partial charge in [0.2, 0.25) is 5.88 Å².